The Labute approximate surface area is 139 Å². The zero-order valence-corrected chi connectivity index (χ0v) is 12.8. The molecule has 24 heavy (non-hydrogen) atoms. The number of aromatic hydroxyl groups is 3. The summed E-state index contributed by atoms with van der Waals surface area (Å²) in [5.41, 5.74) is 2.88. The van der Waals surface area contributed by atoms with E-state index in [1.54, 1.807) is 60.7 Å². The number of hydrogen-bond acceptors (Lipinski definition) is 4. The van der Waals surface area contributed by atoms with E-state index in [0.717, 1.165) is 16.7 Å². The van der Waals surface area contributed by atoms with Gasteiger partial charge in [-0.2, -0.15) is 0 Å². The number of benzene rings is 3. The van der Waals surface area contributed by atoms with E-state index in [-0.39, 0.29) is 28.7 Å². The summed E-state index contributed by atoms with van der Waals surface area (Å²) >= 11 is 0. The molecule has 0 aliphatic rings. The van der Waals surface area contributed by atoms with Crippen molar-refractivity contribution in [3.63, 3.8) is 0 Å². The SMILES string of the molecule is O=Cc1cc(C(c2ccc(O)cc2)c2ccc(O)cc2)ccc1O. The molecule has 3 rings (SSSR count). The molecule has 0 bridgehead atoms. The third-order valence-corrected chi connectivity index (χ3v) is 3.96. The van der Waals surface area contributed by atoms with Gasteiger partial charge in [0, 0.05) is 5.92 Å². The van der Waals surface area contributed by atoms with E-state index in [9.17, 15) is 20.1 Å². The van der Waals surface area contributed by atoms with Gasteiger partial charge in [-0.25, -0.2) is 0 Å². The van der Waals surface area contributed by atoms with Gasteiger partial charge >= 0.3 is 0 Å². The fourth-order valence-corrected chi connectivity index (χ4v) is 2.76. The van der Waals surface area contributed by atoms with Gasteiger partial charge in [-0.15, -0.1) is 0 Å². The molecule has 4 heteroatoms. The van der Waals surface area contributed by atoms with Crippen molar-refractivity contribution in [2.75, 3.05) is 0 Å². The van der Waals surface area contributed by atoms with Gasteiger partial charge in [0.1, 0.15) is 17.2 Å². The molecular weight excluding hydrogens is 304 g/mol. The number of hydrogen-bond donors (Lipinski definition) is 3. The summed E-state index contributed by atoms with van der Waals surface area (Å²) in [5, 5.41) is 28.8. The fourth-order valence-electron chi connectivity index (χ4n) is 2.76. The van der Waals surface area contributed by atoms with Crippen LogP contribution in [0.2, 0.25) is 0 Å². The summed E-state index contributed by atoms with van der Waals surface area (Å²) < 4.78 is 0. The van der Waals surface area contributed by atoms with E-state index >= 15 is 0 Å². The lowest BCUT2D eigenvalue weighted by Crippen LogP contribution is -2.04. The quantitative estimate of drug-likeness (QED) is 0.505. The average molecular weight is 320 g/mol. The Morgan fingerprint density at radius 3 is 1.58 bits per heavy atom. The molecule has 0 aromatic heterocycles. The predicted octanol–water partition coefficient (Wildman–Crippen LogP) is 3.80. The van der Waals surface area contributed by atoms with Gasteiger partial charge in [0.25, 0.3) is 0 Å². The highest BCUT2D eigenvalue weighted by atomic mass is 16.3. The minimum atomic E-state index is -0.203. The van der Waals surface area contributed by atoms with Crippen molar-refractivity contribution in [3.05, 3.63) is 89.0 Å². The lowest BCUT2D eigenvalue weighted by Gasteiger charge is -2.19. The van der Waals surface area contributed by atoms with Crippen LogP contribution in [0.25, 0.3) is 0 Å². The standard InChI is InChI=1S/C20H16O4/c21-12-16-11-15(5-10-19(16)24)20(13-1-6-17(22)7-2-13)14-3-8-18(23)9-4-14/h1-12,20,22-24H. The van der Waals surface area contributed by atoms with Crippen LogP contribution in [-0.4, -0.2) is 21.6 Å². The van der Waals surface area contributed by atoms with Crippen molar-refractivity contribution in [1.82, 2.24) is 0 Å². The first-order valence-electron chi connectivity index (χ1n) is 7.44. The third-order valence-electron chi connectivity index (χ3n) is 3.96. The van der Waals surface area contributed by atoms with Crippen molar-refractivity contribution < 1.29 is 20.1 Å². The molecule has 3 aromatic carbocycles. The van der Waals surface area contributed by atoms with E-state index in [0.29, 0.717) is 6.29 Å². The number of phenols is 3. The molecule has 0 spiro atoms. The molecule has 3 N–H and O–H groups in total. The Morgan fingerprint density at radius 2 is 1.12 bits per heavy atom. The van der Waals surface area contributed by atoms with Gasteiger partial charge in [-0.05, 0) is 53.1 Å². The second-order valence-corrected chi connectivity index (χ2v) is 5.55. The molecule has 0 heterocycles. The molecule has 0 aliphatic heterocycles. The van der Waals surface area contributed by atoms with Crippen LogP contribution in [0, 0.1) is 0 Å². The van der Waals surface area contributed by atoms with Crippen LogP contribution in [0.5, 0.6) is 17.2 Å². The highest BCUT2D eigenvalue weighted by Gasteiger charge is 2.18. The number of carbonyl (C=O) groups excluding carboxylic acids is 1. The van der Waals surface area contributed by atoms with E-state index in [2.05, 4.69) is 0 Å². The zero-order chi connectivity index (χ0) is 17.1. The molecule has 0 saturated carbocycles. The largest absolute Gasteiger partial charge is 0.508 e. The van der Waals surface area contributed by atoms with Crippen LogP contribution in [0.3, 0.4) is 0 Å². The lowest BCUT2D eigenvalue weighted by atomic mass is 9.84. The third kappa shape index (κ3) is 3.08. The highest BCUT2D eigenvalue weighted by molar-refractivity contribution is 5.79. The molecule has 0 unspecified atom stereocenters. The predicted molar refractivity (Wildman–Crippen MR) is 90.7 cm³/mol. The lowest BCUT2D eigenvalue weighted by molar-refractivity contribution is 0.112. The van der Waals surface area contributed by atoms with Crippen LogP contribution in [0.1, 0.15) is 33.0 Å². The van der Waals surface area contributed by atoms with Gasteiger partial charge in [-0.1, -0.05) is 30.3 Å². The van der Waals surface area contributed by atoms with E-state index in [1.807, 2.05) is 0 Å². The Kier molecular flexibility index (Phi) is 4.20. The monoisotopic (exact) mass is 320 g/mol. The molecule has 3 aromatic rings. The van der Waals surface area contributed by atoms with Gasteiger partial charge < -0.3 is 15.3 Å². The van der Waals surface area contributed by atoms with Crippen molar-refractivity contribution >= 4 is 6.29 Å². The van der Waals surface area contributed by atoms with Crippen LogP contribution >= 0.6 is 0 Å². The molecule has 0 radical (unpaired) electrons. The van der Waals surface area contributed by atoms with Crippen molar-refractivity contribution in [2.24, 2.45) is 0 Å². The normalized spacial score (nSPS) is 10.7. The van der Waals surface area contributed by atoms with Gasteiger partial charge in [0.15, 0.2) is 6.29 Å². The fraction of sp³-hybridized carbons (Fsp3) is 0.0500. The van der Waals surface area contributed by atoms with Gasteiger partial charge in [-0.3, -0.25) is 4.79 Å². The summed E-state index contributed by atoms with van der Waals surface area (Å²) in [6, 6.07) is 18.5. The van der Waals surface area contributed by atoms with Crippen molar-refractivity contribution in [1.29, 1.82) is 0 Å². The van der Waals surface area contributed by atoms with Crippen LogP contribution < -0.4 is 0 Å². The number of aldehydes is 1. The molecule has 0 aliphatic carbocycles. The number of carbonyl (C=O) groups is 1. The highest BCUT2D eigenvalue weighted by Crippen LogP contribution is 2.35. The summed E-state index contributed by atoms with van der Waals surface area (Å²) in [6.07, 6.45) is 0.615. The first kappa shape index (κ1) is 15.6. The topological polar surface area (TPSA) is 77.8 Å². The molecular formula is C20H16O4. The molecule has 120 valence electrons. The Balaban J connectivity index is 2.16. The van der Waals surface area contributed by atoms with E-state index in [4.69, 9.17) is 0 Å². The maximum absolute atomic E-state index is 11.1. The minimum absolute atomic E-state index is 0.0658. The Hall–Kier alpha value is -3.27. The Bertz CT molecular complexity index is 806. The minimum Gasteiger partial charge on any atom is -0.508 e. The summed E-state index contributed by atoms with van der Waals surface area (Å²) in [7, 11) is 0. The molecule has 0 fully saturated rings. The number of phenolic OH excluding ortho intramolecular Hbond substituents is 3. The second-order valence-electron chi connectivity index (χ2n) is 5.55. The van der Waals surface area contributed by atoms with Crippen molar-refractivity contribution in [2.45, 2.75) is 5.92 Å². The van der Waals surface area contributed by atoms with Crippen LogP contribution in [0.4, 0.5) is 0 Å². The molecule has 0 saturated heterocycles. The van der Waals surface area contributed by atoms with E-state index < -0.39 is 0 Å². The van der Waals surface area contributed by atoms with Gasteiger partial charge in [0.2, 0.25) is 0 Å². The molecule has 4 nitrogen and oxygen atoms in total. The number of rotatable bonds is 4. The smallest absolute Gasteiger partial charge is 0.153 e. The van der Waals surface area contributed by atoms with Crippen molar-refractivity contribution in [3.8, 4) is 17.2 Å². The first-order chi connectivity index (χ1) is 11.6. The molecule has 0 amide bonds. The van der Waals surface area contributed by atoms with Crippen LogP contribution in [-0.2, 0) is 0 Å². The average Bonchev–Trinajstić information content (AvgIpc) is 2.60. The van der Waals surface area contributed by atoms with E-state index in [1.165, 1.54) is 6.07 Å². The van der Waals surface area contributed by atoms with Crippen LogP contribution in [0.15, 0.2) is 66.7 Å². The zero-order valence-electron chi connectivity index (χ0n) is 12.8. The first-order valence-corrected chi connectivity index (χ1v) is 7.44. The summed E-state index contributed by atoms with van der Waals surface area (Å²) in [4.78, 5) is 11.1. The molecule has 0 atom stereocenters. The second kappa shape index (κ2) is 6.46. The maximum atomic E-state index is 11.1. The Morgan fingerprint density at radius 1 is 0.667 bits per heavy atom. The summed E-state index contributed by atoms with van der Waals surface area (Å²) in [5.74, 6) is 0.0689. The maximum Gasteiger partial charge on any atom is 0.153 e. The summed E-state index contributed by atoms with van der Waals surface area (Å²) in [6.45, 7) is 0. The van der Waals surface area contributed by atoms with Gasteiger partial charge in [0.05, 0.1) is 5.56 Å².